The number of esters is 1. The number of aryl methyl sites for hydroxylation is 1. The van der Waals surface area contributed by atoms with Gasteiger partial charge in [0.25, 0.3) is 0 Å². The highest BCUT2D eigenvalue weighted by molar-refractivity contribution is 5.91. The van der Waals surface area contributed by atoms with E-state index in [1.807, 2.05) is 55.5 Å². The zero-order valence-corrected chi connectivity index (χ0v) is 18.1. The molecule has 0 N–H and O–H groups in total. The summed E-state index contributed by atoms with van der Waals surface area (Å²) >= 11 is 0. The van der Waals surface area contributed by atoms with Crippen LogP contribution in [0.3, 0.4) is 0 Å². The molecule has 156 valence electrons. The topological polar surface area (TPSA) is 35.5 Å². The largest absolute Gasteiger partial charge is 0.423 e. The average molecular weight is 403 g/mol. The van der Waals surface area contributed by atoms with Gasteiger partial charge in [0.05, 0.1) is 11.7 Å². The minimum atomic E-state index is -0.358. The van der Waals surface area contributed by atoms with Gasteiger partial charge < -0.3 is 9.47 Å². The Morgan fingerprint density at radius 1 is 0.800 bits per heavy atom. The number of hydrogen-bond donors (Lipinski definition) is 0. The maximum atomic E-state index is 12.5. The number of carbonyl (C=O) groups is 1. The molecule has 3 heteroatoms. The molecule has 3 nitrogen and oxygen atoms in total. The van der Waals surface area contributed by atoms with Crippen LogP contribution in [0, 0.1) is 0 Å². The molecular formula is C27H30O3. The molecule has 0 amide bonds. The minimum absolute atomic E-state index is 0.0262. The highest BCUT2D eigenvalue weighted by atomic mass is 16.5. The van der Waals surface area contributed by atoms with E-state index in [1.54, 1.807) is 0 Å². The van der Waals surface area contributed by atoms with E-state index in [2.05, 4.69) is 38.1 Å². The normalized spacial score (nSPS) is 11.8. The zero-order valence-electron chi connectivity index (χ0n) is 18.1. The molecule has 0 aromatic heterocycles. The number of benzene rings is 3. The van der Waals surface area contributed by atoms with E-state index in [-0.39, 0.29) is 12.1 Å². The van der Waals surface area contributed by atoms with E-state index >= 15 is 0 Å². The fourth-order valence-electron chi connectivity index (χ4n) is 3.32. The van der Waals surface area contributed by atoms with Gasteiger partial charge in [0.2, 0.25) is 0 Å². The van der Waals surface area contributed by atoms with Crippen molar-refractivity contribution in [3.05, 3.63) is 89.5 Å². The molecule has 0 spiro atoms. The van der Waals surface area contributed by atoms with Crippen LogP contribution in [0.25, 0.3) is 11.1 Å². The first-order chi connectivity index (χ1) is 14.6. The predicted molar refractivity (Wildman–Crippen MR) is 122 cm³/mol. The maximum Gasteiger partial charge on any atom is 0.343 e. The summed E-state index contributed by atoms with van der Waals surface area (Å²) in [5.74, 6) is 0.171. The van der Waals surface area contributed by atoms with Crippen LogP contribution in [0.5, 0.6) is 5.75 Å². The Kier molecular flexibility index (Phi) is 7.81. The van der Waals surface area contributed by atoms with Gasteiger partial charge in [0, 0.05) is 6.61 Å². The molecule has 0 fully saturated rings. The molecule has 0 heterocycles. The van der Waals surface area contributed by atoms with E-state index in [0.717, 1.165) is 42.6 Å². The second-order valence-electron chi connectivity index (χ2n) is 7.50. The molecule has 30 heavy (non-hydrogen) atoms. The summed E-state index contributed by atoms with van der Waals surface area (Å²) in [5, 5.41) is 0. The molecule has 1 atom stereocenters. The second kappa shape index (κ2) is 10.7. The standard InChI is InChI=1S/C27H30O3/c1-4-6-21-7-9-23(10-8-21)24-11-13-25(14-12-24)27(28)30-26-17-15-22(16-18-26)20(3)29-19-5-2/h7-18,20H,4-6,19H2,1-3H3. The first-order valence-electron chi connectivity index (χ1n) is 10.7. The second-order valence-corrected chi connectivity index (χ2v) is 7.50. The quantitative estimate of drug-likeness (QED) is 0.285. The van der Waals surface area contributed by atoms with Crippen LogP contribution < -0.4 is 4.74 Å². The van der Waals surface area contributed by atoms with Gasteiger partial charge in [-0.25, -0.2) is 4.79 Å². The lowest BCUT2D eigenvalue weighted by Gasteiger charge is -2.13. The molecule has 0 radical (unpaired) electrons. The summed E-state index contributed by atoms with van der Waals surface area (Å²) in [7, 11) is 0. The lowest BCUT2D eigenvalue weighted by atomic mass is 10.0. The van der Waals surface area contributed by atoms with Crippen molar-refractivity contribution in [2.24, 2.45) is 0 Å². The predicted octanol–water partition coefficient (Wildman–Crippen LogP) is 7.01. The van der Waals surface area contributed by atoms with Crippen LogP contribution >= 0.6 is 0 Å². The first kappa shape index (κ1) is 21.8. The molecule has 0 saturated carbocycles. The molecule has 1 unspecified atom stereocenters. The van der Waals surface area contributed by atoms with Gasteiger partial charge in [0.15, 0.2) is 0 Å². The lowest BCUT2D eigenvalue weighted by Crippen LogP contribution is -2.08. The van der Waals surface area contributed by atoms with E-state index in [9.17, 15) is 4.79 Å². The average Bonchev–Trinajstić information content (AvgIpc) is 2.79. The summed E-state index contributed by atoms with van der Waals surface area (Å²) in [4.78, 5) is 12.5. The molecule has 3 aromatic carbocycles. The van der Waals surface area contributed by atoms with E-state index in [4.69, 9.17) is 9.47 Å². The lowest BCUT2D eigenvalue weighted by molar-refractivity contribution is 0.0662. The Morgan fingerprint density at radius 2 is 1.40 bits per heavy atom. The Hall–Kier alpha value is -2.91. The van der Waals surface area contributed by atoms with Gasteiger partial charge in [-0.05, 0) is 66.3 Å². The molecule has 0 aliphatic carbocycles. The molecule has 3 rings (SSSR count). The van der Waals surface area contributed by atoms with Crippen molar-refractivity contribution in [2.75, 3.05) is 6.61 Å². The number of carbonyl (C=O) groups excluding carboxylic acids is 1. The number of hydrogen-bond acceptors (Lipinski definition) is 3. The van der Waals surface area contributed by atoms with Gasteiger partial charge in [-0.3, -0.25) is 0 Å². The van der Waals surface area contributed by atoms with Crippen molar-refractivity contribution in [1.29, 1.82) is 0 Å². The fourth-order valence-corrected chi connectivity index (χ4v) is 3.32. The van der Waals surface area contributed by atoms with E-state index in [0.29, 0.717) is 11.3 Å². The Labute approximate surface area is 179 Å². The third-order valence-corrected chi connectivity index (χ3v) is 5.08. The molecule has 3 aromatic rings. The Bertz CT molecular complexity index is 925. The minimum Gasteiger partial charge on any atom is -0.423 e. The van der Waals surface area contributed by atoms with E-state index in [1.165, 1.54) is 5.56 Å². The molecule has 0 saturated heterocycles. The van der Waals surface area contributed by atoms with Crippen molar-refractivity contribution < 1.29 is 14.3 Å². The zero-order chi connectivity index (χ0) is 21.3. The first-order valence-corrected chi connectivity index (χ1v) is 10.7. The van der Waals surface area contributed by atoms with Gasteiger partial charge in [-0.2, -0.15) is 0 Å². The van der Waals surface area contributed by atoms with Crippen molar-refractivity contribution in [1.82, 2.24) is 0 Å². The van der Waals surface area contributed by atoms with Gasteiger partial charge >= 0.3 is 5.97 Å². The van der Waals surface area contributed by atoms with Gasteiger partial charge in [-0.1, -0.05) is 68.8 Å². The van der Waals surface area contributed by atoms with Crippen molar-refractivity contribution in [3.8, 4) is 16.9 Å². The third kappa shape index (κ3) is 5.80. The molecular weight excluding hydrogens is 372 g/mol. The highest BCUT2D eigenvalue weighted by Crippen LogP contribution is 2.23. The summed E-state index contributed by atoms with van der Waals surface area (Å²) in [6.45, 7) is 7.03. The van der Waals surface area contributed by atoms with Gasteiger partial charge in [-0.15, -0.1) is 0 Å². The Balaban J connectivity index is 1.61. The number of rotatable bonds is 9. The highest BCUT2D eigenvalue weighted by Gasteiger charge is 2.11. The SMILES string of the molecule is CCCOC(C)c1ccc(OC(=O)c2ccc(-c3ccc(CCC)cc3)cc2)cc1. The van der Waals surface area contributed by atoms with Crippen molar-refractivity contribution in [2.45, 2.75) is 46.1 Å². The van der Waals surface area contributed by atoms with Gasteiger partial charge in [0.1, 0.15) is 5.75 Å². The third-order valence-electron chi connectivity index (χ3n) is 5.08. The summed E-state index contributed by atoms with van der Waals surface area (Å²) in [6.07, 6.45) is 3.25. The van der Waals surface area contributed by atoms with Crippen LogP contribution in [0.15, 0.2) is 72.8 Å². The summed E-state index contributed by atoms with van der Waals surface area (Å²) in [5.41, 5.74) is 5.17. The Morgan fingerprint density at radius 3 is 1.97 bits per heavy atom. The van der Waals surface area contributed by atoms with Crippen molar-refractivity contribution >= 4 is 5.97 Å². The van der Waals surface area contributed by atoms with Crippen molar-refractivity contribution in [3.63, 3.8) is 0 Å². The maximum absolute atomic E-state index is 12.5. The molecule has 0 aliphatic rings. The summed E-state index contributed by atoms with van der Waals surface area (Å²) in [6, 6.07) is 23.6. The van der Waals surface area contributed by atoms with Crippen LogP contribution in [-0.4, -0.2) is 12.6 Å². The smallest absolute Gasteiger partial charge is 0.343 e. The molecule has 0 bridgehead atoms. The van der Waals surface area contributed by atoms with Crippen LogP contribution in [0.1, 0.15) is 61.2 Å². The van der Waals surface area contributed by atoms with Crippen LogP contribution in [0.4, 0.5) is 0 Å². The van der Waals surface area contributed by atoms with Crippen LogP contribution in [-0.2, 0) is 11.2 Å². The summed E-state index contributed by atoms with van der Waals surface area (Å²) < 4.78 is 11.3. The number of ether oxygens (including phenoxy) is 2. The molecule has 0 aliphatic heterocycles. The fraction of sp³-hybridized carbons (Fsp3) is 0.296. The van der Waals surface area contributed by atoms with Crippen LogP contribution in [0.2, 0.25) is 0 Å². The monoisotopic (exact) mass is 402 g/mol. The van der Waals surface area contributed by atoms with E-state index < -0.39 is 0 Å².